The highest BCUT2D eigenvalue weighted by Crippen LogP contribution is 2.40. The van der Waals surface area contributed by atoms with Gasteiger partial charge in [0.05, 0.1) is 25.2 Å². The van der Waals surface area contributed by atoms with Crippen LogP contribution in [-0.4, -0.2) is 35.6 Å². The fourth-order valence-corrected chi connectivity index (χ4v) is 7.84. The highest BCUT2D eigenvalue weighted by Gasteiger charge is 2.37. The second-order valence-corrected chi connectivity index (χ2v) is 14.2. The number of nitrogens with one attached hydrogen (secondary N) is 1. The molecule has 0 radical (unpaired) electrons. The third kappa shape index (κ3) is 7.15. The molecule has 4 unspecified atom stereocenters. The molecule has 1 fully saturated rings. The predicted octanol–water partition coefficient (Wildman–Crippen LogP) is 8.41. The highest BCUT2D eigenvalue weighted by atomic mass is 79.9. The van der Waals surface area contributed by atoms with E-state index in [4.69, 9.17) is 0 Å². The van der Waals surface area contributed by atoms with Crippen molar-refractivity contribution in [3.05, 3.63) is 139 Å². The summed E-state index contributed by atoms with van der Waals surface area (Å²) in [6.45, 7) is 3.32. The van der Waals surface area contributed by atoms with Gasteiger partial charge in [-0.2, -0.15) is 0 Å². The summed E-state index contributed by atoms with van der Waals surface area (Å²) >= 11 is 7.16. The lowest BCUT2D eigenvalue weighted by Gasteiger charge is -2.36. The Kier molecular flexibility index (Phi) is 9.92. The maximum atomic E-state index is 12.7. The number of carbonyl (C=O) groups excluding carboxylic acids is 2. The average molecular weight is 715 g/mol. The van der Waals surface area contributed by atoms with Crippen molar-refractivity contribution < 1.29 is 9.59 Å². The smallest absolute Gasteiger partial charge is 0.151 e. The Morgan fingerprint density at radius 2 is 1.30 bits per heavy atom. The number of fused-ring (bicyclic) bond motifs is 2. The summed E-state index contributed by atoms with van der Waals surface area (Å²) in [5.41, 5.74) is 7.24. The lowest BCUT2D eigenvalue weighted by Crippen LogP contribution is -2.40. The Bertz CT molecular complexity index is 1620. The van der Waals surface area contributed by atoms with Crippen LogP contribution in [0.15, 0.2) is 106 Å². The SMILES string of the molecule is CC1CCC(N2CC(=O)Cc3ccc(Br)cc3C2c2ccccc2)C1.O=C1CNC(c2ccccc2)c2cc(Br)ccc2C1. The molecule has 1 saturated carbocycles. The number of halogens is 2. The molecule has 3 aliphatic rings. The molecule has 0 amide bonds. The molecule has 2 heterocycles. The van der Waals surface area contributed by atoms with Gasteiger partial charge in [0.25, 0.3) is 0 Å². The van der Waals surface area contributed by atoms with Gasteiger partial charge in [-0.05, 0) is 82.8 Å². The summed E-state index contributed by atoms with van der Waals surface area (Å²) in [6, 6.07) is 34.2. The normalized spacial score (nSPS) is 23.5. The Morgan fingerprint density at radius 1 is 0.705 bits per heavy atom. The van der Waals surface area contributed by atoms with Gasteiger partial charge in [-0.25, -0.2) is 0 Å². The molecule has 4 atom stereocenters. The number of hydrogen-bond donors (Lipinski definition) is 1. The number of Topliss-reactive ketones (excluding diaryl/α,β-unsaturated/α-hetero) is 2. The first-order valence-corrected chi connectivity index (χ1v) is 17.1. The van der Waals surface area contributed by atoms with E-state index in [0.717, 1.165) is 20.4 Å². The average Bonchev–Trinajstić information content (AvgIpc) is 3.31. The number of hydrogen-bond acceptors (Lipinski definition) is 4. The van der Waals surface area contributed by atoms with Crippen LogP contribution in [0.2, 0.25) is 0 Å². The standard InChI is InChI=1S/C22H24BrNO.C16H14BrNO/c1-15-7-10-19(11-15)24-14-20(25)12-17-8-9-18(23)13-21(17)22(24)16-5-3-2-4-6-16;17-13-7-6-12-8-14(19)10-18-16(15(12)9-13)11-4-2-1-3-5-11/h2-6,8-9,13,15,19,22H,7,10-12,14H2,1H3;1-7,9,16,18H,8,10H2. The topological polar surface area (TPSA) is 49.4 Å². The largest absolute Gasteiger partial charge is 0.299 e. The van der Waals surface area contributed by atoms with Gasteiger partial charge in [0.15, 0.2) is 11.6 Å². The van der Waals surface area contributed by atoms with Crippen molar-refractivity contribution in [1.82, 2.24) is 10.2 Å². The zero-order valence-corrected chi connectivity index (χ0v) is 28.2. The zero-order valence-electron chi connectivity index (χ0n) is 25.0. The number of carbonyl (C=O) groups is 2. The number of rotatable bonds is 3. The van der Waals surface area contributed by atoms with Crippen LogP contribution in [0, 0.1) is 5.92 Å². The molecule has 226 valence electrons. The third-order valence-corrected chi connectivity index (χ3v) is 10.2. The van der Waals surface area contributed by atoms with E-state index in [0.29, 0.717) is 37.8 Å². The first-order chi connectivity index (χ1) is 21.4. The highest BCUT2D eigenvalue weighted by molar-refractivity contribution is 9.10. The molecule has 4 nitrogen and oxygen atoms in total. The molecule has 7 rings (SSSR count). The van der Waals surface area contributed by atoms with E-state index in [1.165, 1.54) is 47.1 Å². The van der Waals surface area contributed by atoms with Gasteiger partial charge in [0, 0.05) is 27.8 Å². The summed E-state index contributed by atoms with van der Waals surface area (Å²) in [5.74, 6) is 1.32. The van der Waals surface area contributed by atoms with Gasteiger partial charge in [-0.15, -0.1) is 0 Å². The molecule has 4 aromatic rings. The summed E-state index contributed by atoms with van der Waals surface area (Å²) in [6.07, 6.45) is 4.72. The Morgan fingerprint density at radius 3 is 1.93 bits per heavy atom. The van der Waals surface area contributed by atoms with Crippen LogP contribution in [0.3, 0.4) is 0 Å². The van der Waals surface area contributed by atoms with E-state index in [2.05, 4.69) is 116 Å². The Balaban J connectivity index is 0.000000162. The zero-order chi connectivity index (χ0) is 30.6. The van der Waals surface area contributed by atoms with Crippen molar-refractivity contribution in [1.29, 1.82) is 0 Å². The van der Waals surface area contributed by atoms with Crippen molar-refractivity contribution in [3.63, 3.8) is 0 Å². The van der Waals surface area contributed by atoms with E-state index < -0.39 is 0 Å². The van der Waals surface area contributed by atoms with Crippen molar-refractivity contribution >= 4 is 43.4 Å². The van der Waals surface area contributed by atoms with Crippen LogP contribution in [0.4, 0.5) is 0 Å². The molecule has 1 N–H and O–H groups in total. The van der Waals surface area contributed by atoms with Gasteiger partial charge in [-0.3, -0.25) is 19.8 Å². The molecule has 0 spiro atoms. The van der Waals surface area contributed by atoms with Gasteiger partial charge >= 0.3 is 0 Å². The van der Waals surface area contributed by atoms with Gasteiger partial charge in [0.1, 0.15) is 0 Å². The van der Waals surface area contributed by atoms with E-state index >= 15 is 0 Å². The van der Waals surface area contributed by atoms with E-state index in [1.807, 2.05) is 30.3 Å². The maximum Gasteiger partial charge on any atom is 0.151 e. The summed E-state index contributed by atoms with van der Waals surface area (Å²) in [4.78, 5) is 27.0. The minimum absolute atomic E-state index is 0.0835. The molecule has 1 aliphatic carbocycles. The maximum absolute atomic E-state index is 12.7. The second-order valence-electron chi connectivity index (χ2n) is 12.4. The quantitative estimate of drug-likeness (QED) is 0.232. The molecule has 6 heteroatoms. The third-order valence-electron chi connectivity index (χ3n) is 9.17. The Hall–Kier alpha value is -2.90. The van der Waals surface area contributed by atoms with Crippen LogP contribution in [-0.2, 0) is 22.4 Å². The molecule has 0 saturated heterocycles. The first kappa shape index (κ1) is 31.1. The number of ketones is 2. The van der Waals surface area contributed by atoms with Crippen LogP contribution >= 0.6 is 31.9 Å². The second kappa shape index (κ2) is 14.0. The first-order valence-electron chi connectivity index (χ1n) is 15.5. The van der Waals surface area contributed by atoms with Crippen molar-refractivity contribution in [2.24, 2.45) is 5.92 Å². The van der Waals surface area contributed by atoms with Gasteiger partial charge < -0.3 is 0 Å². The van der Waals surface area contributed by atoms with Crippen molar-refractivity contribution in [2.45, 2.75) is 57.2 Å². The molecule has 44 heavy (non-hydrogen) atoms. The fraction of sp³-hybridized carbons (Fsp3) is 0.316. The number of benzene rings is 4. The molecule has 4 aromatic carbocycles. The van der Waals surface area contributed by atoms with Gasteiger partial charge in [-0.1, -0.05) is 112 Å². The summed E-state index contributed by atoms with van der Waals surface area (Å²) in [7, 11) is 0. The molecule has 0 bridgehead atoms. The molecule has 0 aromatic heterocycles. The fourth-order valence-electron chi connectivity index (χ4n) is 7.09. The summed E-state index contributed by atoms with van der Waals surface area (Å²) < 4.78 is 2.13. The molecular formula is C38H38Br2N2O2. The predicted molar refractivity (Wildman–Crippen MR) is 184 cm³/mol. The van der Waals surface area contributed by atoms with Crippen molar-refractivity contribution in [2.75, 3.05) is 13.1 Å². The minimum Gasteiger partial charge on any atom is -0.299 e. The monoisotopic (exact) mass is 712 g/mol. The minimum atomic E-state index is 0.0835. The lowest BCUT2D eigenvalue weighted by molar-refractivity contribution is -0.120. The van der Waals surface area contributed by atoms with E-state index in [9.17, 15) is 9.59 Å². The molecular weight excluding hydrogens is 676 g/mol. The molecule has 2 aliphatic heterocycles. The van der Waals surface area contributed by atoms with Gasteiger partial charge in [0.2, 0.25) is 0 Å². The van der Waals surface area contributed by atoms with Crippen LogP contribution < -0.4 is 5.32 Å². The van der Waals surface area contributed by atoms with E-state index in [1.54, 1.807) is 0 Å². The Labute approximate surface area is 277 Å². The number of nitrogens with zero attached hydrogens (tertiary/aromatic N) is 1. The van der Waals surface area contributed by atoms with Crippen LogP contribution in [0.25, 0.3) is 0 Å². The summed E-state index contributed by atoms with van der Waals surface area (Å²) in [5, 5.41) is 3.36. The van der Waals surface area contributed by atoms with Crippen molar-refractivity contribution in [3.8, 4) is 0 Å². The van der Waals surface area contributed by atoms with Crippen LogP contribution in [0.5, 0.6) is 0 Å². The van der Waals surface area contributed by atoms with E-state index in [-0.39, 0.29) is 17.9 Å². The lowest BCUT2D eigenvalue weighted by atomic mass is 9.92. The van der Waals surface area contributed by atoms with Crippen LogP contribution in [0.1, 0.15) is 71.7 Å².